The molecule has 10 heteroatoms. The van der Waals surface area contributed by atoms with Crippen molar-refractivity contribution in [3.05, 3.63) is 88.0 Å². The summed E-state index contributed by atoms with van der Waals surface area (Å²) in [6, 6.07) is 18.8. The molecule has 35 heavy (non-hydrogen) atoms. The molecule has 5 rings (SSSR count). The predicted octanol–water partition coefficient (Wildman–Crippen LogP) is 4.48. The molecule has 3 aromatic carbocycles. The zero-order valence-electron chi connectivity index (χ0n) is 18.8. The number of benzene rings is 3. The van der Waals surface area contributed by atoms with Gasteiger partial charge in [0.25, 0.3) is 11.6 Å². The molecule has 0 saturated carbocycles. The second kappa shape index (κ2) is 10.6. The molecule has 0 unspecified atom stereocenters. The summed E-state index contributed by atoms with van der Waals surface area (Å²) in [6.45, 7) is 4.66. The number of nitrogens with one attached hydrogen (secondary N) is 2. The number of para-hydroxylation sites is 2. The van der Waals surface area contributed by atoms with Crippen LogP contribution in [0.2, 0.25) is 0 Å². The Labute approximate surface area is 207 Å². The lowest BCUT2D eigenvalue weighted by Crippen LogP contribution is -2.42. The van der Waals surface area contributed by atoms with E-state index in [1.54, 1.807) is 12.1 Å². The van der Waals surface area contributed by atoms with E-state index in [1.807, 2.05) is 24.3 Å². The first-order valence-electron chi connectivity index (χ1n) is 11.1. The third-order valence-electron chi connectivity index (χ3n) is 5.82. The molecule has 1 aromatic heterocycles. The Hall–Kier alpha value is -3.79. The molecule has 0 bridgehead atoms. The highest BCUT2D eigenvalue weighted by Crippen LogP contribution is 2.32. The van der Waals surface area contributed by atoms with Crippen molar-refractivity contribution in [1.82, 2.24) is 15.2 Å². The van der Waals surface area contributed by atoms with Gasteiger partial charge in [-0.3, -0.25) is 19.8 Å². The number of piperazine rings is 1. The Morgan fingerprint density at radius 3 is 2.66 bits per heavy atom. The molecule has 2 heterocycles. The summed E-state index contributed by atoms with van der Waals surface area (Å²) >= 11 is 0. The van der Waals surface area contributed by atoms with Crippen molar-refractivity contribution < 1.29 is 14.1 Å². The van der Waals surface area contributed by atoms with E-state index in [9.17, 15) is 14.9 Å². The molecule has 1 saturated heterocycles. The first-order valence-corrected chi connectivity index (χ1v) is 11.1. The van der Waals surface area contributed by atoms with Gasteiger partial charge in [-0.2, -0.15) is 0 Å². The molecule has 1 aliphatic heterocycles. The van der Waals surface area contributed by atoms with Crippen LogP contribution in [-0.4, -0.2) is 46.9 Å². The highest BCUT2D eigenvalue weighted by atomic mass is 35.5. The molecule has 180 valence electrons. The number of carbonyl (C=O) groups excluding carboxylic acids is 1. The summed E-state index contributed by atoms with van der Waals surface area (Å²) in [5.74, 6) is -0.0515. The van der Waals surface area contributed by atoms with Crippen LogP contribution < -0.4 is 10.6 Å². The molecule has 0 atom stereocenters. The predicted molar refractivity (Wildman–Crippen MR) is 136 cm³/mol. The maximum atomic E-state index is 12.8. The van der Waals surface area contributed by atoms with Crippen molar-refractivity contribution in [3.8, 4) is 11.5 Å². The number of halogens is 1. The Bertz CT molecular complexity index is 1370. The van der Waals surface area contributed by atoms with Gasteiger partial charge in [-0.25, -0.2) is 4.98 Å². The van der Waals surface area contributed by atoms with Gasteiger partial charge in [-0.05, 0) is 24.3 Å². The van der Waals surface area contributed by atoms with Gasteiger partial charge in [0, 0.05) is 56.0 Å². The zero-order valence-corrected chi connectivity index (χ0v) is 19.6. The standard InChI is InChI=1S/C25H23N5O4.ClH/c31-24(17-5-3-7-19(15-17)30(32)33)27-21-9-2-1-8-20(21)25-28-22-10-4-6-18(23(22)34-25)16-29-13-11-26-12-14-29;/h1-10,15,26H,11-14,16H2,(H,27,31);1H. The fourth-order valence-corrected chi connectivity index (χ4v) is 4.09. The monoisotopic (exact) mass is 493 g/mol. The van der Waals surface area contributed by atoms with Gasteiger partial charge in [0.2, 0.25) is 5.89 Å². The number of carbonyl (C=O) groups is 1. The number of aromatic nitrogens is 1. The molecule has 0 spiro atoms. The van der Waals surface area contributed by atoms with Gasteiger partial charge in [0.05, 0.1) is 16.2 Å². The van der Waals surface area contributed by atoms with Gasteiger partial charge < -0.3 is 15.1 Å². The molecular weight excluding hydrogens is 470 g/mol. The van der Waals surface area contributed by atoms with E-state index in [1.165, 1.54) is 24.3 Å². The van der Waals surface area contributed by atoms with E-state index in [2.05, 4.69) is 26.6 Å². The molecular formula is C25H24ClN5O4. The van der Waals surface area contributed by atoms with E-state index in [4.69, 9.17) is 4.42 Å². The fourth-order valence-electron chi connectivity index (χ4n) is 4.09. The second-order valence-electron chi connectivity index (χ2n) is 8.12. The van der Waals surface area contributed by atoms with Crippen LogP contribution >= 0.6 is 12.4 Å². The van der Waals surface area contributed by atoms with Gasteiger partial charge in [0.1, 0.15) is 5.52 Å². The number of nitro groups is 1. The summed E-state index contributed by atoms with van der Waals surface area (Å²) in [5, 5.41) is 17.3. The minimum Gasteiger partial charge on any atom is -0.436 e. The van der Waals surface area contributed by atoms with Crippen LogP contribution in [0.1, 0.15) is 15.9 Å². The number of hydrogen-bond acceptors (Lipinski definition) is 7. The maximum absolute atomic E-state index is 12.8. The number of non-ortho nitro benzene ring substituents is 1. The molecule has 9 nitrogen and oxygen atoms in total. The third kappa shape index (κ3) is 5.32. The Morgan fingerprint density at radius 1 is 1.09 bits per heavy atom. The minimum absolute atomic E-state index is 0. The number of amides is 1. The lowest BCUT2D eigenvalue weighted by molar-refractivity contribution is -0.384. The molecule has 2 N–H and O–H groups in total. The smallest absolute Gasteiger partial charge is 0.270 e. The normalized spacial score (nSPS) is 13.8. The van der Waals surface area contributed by atoms with Gasteiger partial charge >= 0.3 is 0 Å². The molecule has 1 fully saturated rings. The van der Waals surface area contributed by atoms with Crippen LogP contribution in [0, 0.1) is 10.1 Å². The van der Waals surface area contributed by atoms with Crippen LogP contribution in [0.15, 0.2) is 71.1 Å². The largest absolute Gasteiger partial charge is 0.436 e. The molecule has 1 amide bonds. The topological polar surface area (TPSA) is 114 Å². The van der Waals surface area contributed by atoms with Crippen LogP contribution in [0.4, 0.5) is 11.4 Å². The quantitative estimate of drug-likeness (QED) is 0.300. The summed E-state index contributed by atoms with van der Waals surface area (Å²) in [4.78, 5) is 30.4. The number of hydrogen-bond donors (Lipinski definition) is 2. The van der Waals surface area contributed by atoms with Crippen molar-refractivity contribution in [3.63, 3.8) is 0 Å². The lowest BCUT2D eigenvalue weighted by atomic mass is 10.1. The van der Waals surface area contributed by atoms with E-state index in [-0.39, 0.29) is 23.7 Å². The summed E-state index contributed by atoms with van der Waals surface area (Å²) in [6.07, 6.45) is 0. The summed E-state index contributed by atoms with van der Waals surface area (Å²) in [7, 11) is 0. The average molecular weight is 494 g/mol. The first kappa shape index (κ1) is 24.3. The fraction of sp³-hybridized carbons (Fsp3) is 0.200. The molecule has 0 radical (unpaired) electrons. The van der Waals surface area contributed by atoms with Crippen molar-refractivity contribution in [2.24, 2.45) is 0 Å². The van der Waals surface area contributed by atoms with Crippen molar-refractivity contribution in [1.29, 1.82) is 0 Å². The van der Waals surface area contributed by atoms with Gasteiger partial charge in [-0.1, -0.05) is 30.3 Å². The second-order valence-corrected chi connectivity index (χ2v) is 8.12. The third-order valence-corrected chi connectivity index (χ3v) is 5.82. The van der Waals surface area contributed by atoms with Crippen LogP contribution in [-0.2, 0) is 6.54 Å². The van der Waals surface area contributed by atoms with E-state index in [0.29, 0.717) is 17.1 Å². The Balaban J connectivity index is 0.00000289. The number of anilines is 1. The average Bonchev–Trinajstić information content (AvgIpc) is 3.30. The highest BCUT2D eigenvalue weighted by molar-refractivity contribution is 6.06. The van der Waals surface area contributed by atoms with Crippen LogP contribution in [0.5, 0.6) is 0 Å². The highest BCUT2D eigenvalue weighted by Gasteiger charge is 2.19. The van der Waals surface area contributed by atoms with Crippen molar-refractivity contribution >= 4 is 40.8 Å². The number of nitro benzene ring substituents is 1. The summed E-state index contributed by atoms with van der Waals surface area (Å²) in [5.41, 5.74) is 3.74. The SMILES string of the molecule is Cl.O=C(Nc1ccccc1-c1nc2cccc(CN3CCNCC3)c2o1)c1cccc([N+](=O)[O-])c1. The number of nitrogens with zero attached hydrogens (tertiary/aromatic N) is 3. The molecule has 4 aromatic rings. The maximum Gasteiger partial charge on any atom is 0.270 e. The zero-order chi connectivity index (χ0) is 23.5. The number of fused-ring (bicyclic) bond motifs is 1. The number of oxazole rings is 1. The Morgan fingerprint density at radius 2 is 1.86 bits per heavy atom. The summed E-state index contributed by atoms with van der Waals surface area (Å²) < 4.78 is 6.21. The lowest BCUT2D eigenvalue weighted by Gasteiger charge is -2.27. The van der Waals surface area contributed by atoms with Crippen LogP contribution in [0.3, 0.4) is 0 Å². The first-order chi connectivity index (χ1) is 16.6. The van der Waals surface area contributed by atoms with E-state index < -0.39 is 10.8 Å². The number of rotatable bonds is 6. The molecule has 0 aliphatic carbocycles. The van der Waals surface area contributed by atoms with E-state index >= 15 is 0 Å². The van der Waals surface area contributed by atoms with E-state index in [0.717, 1.165) is 49.4 Å². The van der Waals surface area contributed by atoms with Crippen molar-refractivity contribution in [2.45, 2.75) is 6.54 Å². The Kier molecular flexibility index (Phi) is 7.40. The minimum atomic E-state index is -0.527. The van der Waals surface area contributed by atoms with Gasteiger partial charge in [-0.15, -0.1) is 12.4 Å². The molecule has 1 aliphatic rings. The van der Waals surface area contributed by atoms with Crippen LogP contribution in [0.25, 0.3) is 22.6 Å². The van der Waals surface area contributed by atoms with Crippen molar-refractivity contribution in [2.75, 3.05) is 31.5 Å². The van der Waals surface area contributed by atoms with Gasteiger partial charge in [0.15, 0.2) is 5.58 Å².